The van der Waals surface area contributed by atoms with Crippen LogP contribution in [0, 0.1) is 0 Å². The SMILES string of the molecule is CCOC(=O)N1CCN(C(=O)c2ccc(N3CCN(C(C)=O)CC3)nn2)CC1. The van der Waals surface area contributed by atoms with Crippen molar-refractivity contribution >= 4 is 23.7 Å². The van der Waals surface area contributed by atoms with Crippen molar-refractivity contribution in [2.24, 2.45) is 0 Å². The fraction of sp³-hybridized carbons (Fsp3) is 0.611. The normalized spacial score (nSPS) is 17.5. The molecule has 0 spiro atoms. The van der Waals surface area contributed by atoms with E-state index >= 15 is 0 Å². The molecule has 0 bridgehead atoms. The first-order valence-electron chi connectivity index (χ1n) is 9.54. The number of rotatable bonds is 3. The van der Waals surface area contributed by atoms with Crippen molar-refractivity contribution in [3.05, 3.63) is 17.8 Å². The van der Waals surface area contributed by atoms with Gasteiger partial charge in [0.15, 0.2) is 11.5 Å². The van der Waals surface area contributed by atoms with E-state index in [1.54, 1.807) is 40.7 Å². The second kappa shape index (κ2) is 8.85. The average molecular weight is 390 g/mol. The molecular formula is C18H26N6O4. The van der Waals surface area contributed by atoms with Gasteiger partial charge in [-0.2, -0.15) is 0 Å². The van der Waals surface area contributed by atoms with E-state index in [2.05, 4.69) is 15.1 Å². The van der Waals surface area contributed by atoms with Crippen LogP contribution in [0.15, 0.2) is 12.1 Å². The molecule has 2 aliphatic rings. The Morgan fingerprint density at radius 1 is 0.893 bits per heavy atom. The molecule has 0 saturated carbocycles. The van der Waals surface area contributed by atoms with Gasteiger partial charge >= 0.3 is 6.09 Å². The van der Waals surface area contributed by atoms with Gasteiger partial charge in [0.2, 0.25) is 5.91 Å². The van der Waals surface area contributed by atoms with Gasteiger partial charge in [-0.25, -0.2) is 4.79 Å². The maximum Gasteiger partial charge on any atom is 0.409 e. The molecule has 28 heavy (non-hydrogen) atoms. The highest BCUT2D eigenvalue weighted by molar-refractivity contribution is 5.92. The summed E-state index contributed by atoms with van der Waals surface area (Å²) in [4.78, 5) is 42.9. The Morgan fingerprint density at radius 3 is 2.04 bits per heavy atom. The summed E-state index contributed by atoms with van der Waals surface area (Å²) in [7, 11) is 0. The fourth-order valence-electron chi connectivity index (χ4n) is 3.33. The largest absolute Gasteiger partial charge is 0.450 e. The van der Waals surface area contributed by atoms with Crippen molar-refractivity contribution < 1.29 is 19.1 Å². The number of carbonyl (C=O) groups excluding carboxylic acids is 3. The van der Waals surface area contributed by atoms with E-state index in [9.17, 15) is 14.4 Å². The van der Waals surface area contributed by atoms with Crippen LogP contribution < -0.4 is 4.90 Å². The molecule has 1 aromatic rings. The van der Waals surface area contributed by atoms with Crippen LogP contribution in [0.5, 0.6) is 0 Å². The number of carbonyl (C=O) groups is 3. The Kier molecular flexibility index (Phi) is 6.27. The third kappa shape index (κ3) is 4.49. The van der Waals surface area contributed by atoms with Crippen molar-refractivity contribution in [3.63, 3.8) is 0 Å². The lowest BCUT2D eigenvalue weighted by Crippen LogP contribution is -2.51. The summed E-state index contributed by atoms with van der Waals surface area (Å²) in [5.74, 6) is 0.588. The Balaban J connectivity index is 1.53. The minimum Gasteiger partial charge on any atom is -0.450 e. The second-order valence-corrected chi connectivity index (χ2v) is 6.75. The average Bonchev–Trinajstić information content (AvgIpc) is 2.74. The highest BCUT2D eigenvalue weighted by Gasteiger charge is 2.27. The van der Waals surface area contributed by atoms with Gasteiger partial charge in [0.1, 0.15) is 0 Å². The number of anilines is 1. The lowest BCUT2D eigenvalue weighted by atomic mass is 10.2. The van der Waals surface area contributed by atoms with E-state index < -0.39 is 0 Å². The third-order valence-corrected chi connectivity index (χ3v) is 5.01. The van der Waals surface area contributed by atoms with E-state index in [0.29, 0.717) is 64.8 Å². The number of amides is 3. The quantitative estimate of drug-likeness (QED) is 0.720. The van der Waals surface area contributed by atoms with Crippen LogP contribution in [0.2, 0.25) is 0 Å². The molecule has 0 unspecified atom stereocenters. The first kappa shape index (κ1) is 19.8. The van der Waals surface area contributed by atoms with E-state index in [0.717, 1.165) is 0 Å². The monoisotopic (exact) mass is 390 g/mol. The van der Waals surface area contributed by atoms with Crippen molar-refractivity contribution in [3.8, 4) is 0 Å². The molecule has 10 nitrogen and oxygen atoms in total. The lowest BCUT2D eigenvalue weighted by Gasteiger charge is -2.35. The molecule has 3 heterocycles. The first-order valence-corrected chi connectivity index (χ1v) is 9.54. The van der Waals surface area contributed by atoms with Crippen LogP contribution in [0.4, 0.5) is 10.6 Å². The van der Waals surface area contributed by atoms with Crippen molar-refractivity contribution in [1.82, 2.24) is 24.9 Å². The minimum atomic E-state index is -0.344. The molecule has 0 N–H and O–H groups in total. The molecule has 0 aliphatic carbocycles. The Labute approximate surface area is 164 Å². The highest BCUT2D eigenvalue weighted by atomic mass is 16.6. The van der Waals surface area contributed by atoms with Gasteiger partial charge < -0.3 is 24.3 Å². The van der Waals surface area contributed by atoms with Gasteiger partial charge in [0.25, 0.3) is 5.91 Å². The Hall–Kier alpha value is -2.91. The van der Waals surface area contributed by atoms with Gasteiger partial charge in [-0.3, -0.25) is 9.59 Å². The van der Waals surface area contributed by atoms with Crippen molar-refractivity contribution in [2.75, 3.05) is 63.9 Å². The number of nitrogens with zero attached hydrogens (tertiary/aromatic N) is 6. The van der Waals surface area contributed by atoms with Gasteiger partial charge in [-0.15, -0.1) is 10.2 Å². The molecule has 1 aromatic heterocycles. The Morgan fingerprint density at radius 2 is 1.50 bits per heavy atom. The summed E-state index contributed by atoms with van der Waals surface area (Å²) in [5.41, 5.74) is 0.288. The van der Waals surface area contributed by atoms with E-state index in [-0.39, 0.29) is 23.6 Å². The maximum absolute atomic E-state index is 12.6. The van der Waals surface area contributed by atoms with Crippen LogP contribution in [-0.4, -0.2) is 102 Å². The molecule has 2 aliphatic heterocycles. The zero-order valence-electron chi connectivity index (χ0n) is 16.3. The first-order chi connectivity index (χ1) is 13.5. The molecule has 152 valence electrons. The van der Waals surface area contributed by atoms with Crippen molar-refractivity contribution in [1.29, 1.82) is 0 Å². The van der Waals surface area contributed by atoms with E-state index in [1.165, 1.54) is 0 Å². The van der Waals surface area contributed by atoms with E-state index in [1.807, 2.05) is 0 Å². The number of hydrogen-bond acceptors (Lipinski definition) is 7. The topological polar surface area (TPSA) is 99.2 Å². The number of hydrogen-bond donors (Lipinski definition) is 0. The summed E-state index contributed by atoms with van der Waals surface area (Å²) in [5, 5.41) is 8.29. The molecule has 2 saturated heterocycles. The molecule has 3 amide bonds. The van der Waals surface area contributed by atoms with Crippen LogP contribution in [-0.2, 0) is 9.53 Å². The molecule has 0 atom stereocenters. The van der Waals surface area contributed by atoms with E-state index in [4.69, 9.17) is 4.74 Å². The predicted octanol–water partition coefficient (Wildman–Crippen LogP) is 0.0594. The molecule has 0 aromatic carbocycles. The predicted molar refractivity (Wildman–Crippen MR) is 101 cm³/mol. The van der Waals surface area contributed by atoms with Crippen LogP contribution in [0.25, 0.3) is 0 Å². The maximum atomic E-state index is 12.6. The highest BCUT2D eigenvalue weighted by Crippen LogP contribution is 2.14. The molecule has 2 fully saturated rings. The summed E-state index contributed by atoms with van der Waals surface area (Å²) >= 11 is 0. The lowest BCUT2D eigenvalue weighted by molar-refractivity contribution is -0.129. The smallest absolute Gasteiger partial charge is 0.409 e. The zero-order valence-corrected chi connectivity index (χ0v) is 16.3. The summed E-state index contributed by atoms with van der Waals surface area (Å²) < 4.78 is 4.99. The summed E-state index contributed by atoms with van der Waals surface area (Å²) in [6.07, 6.45) is -0.344. The van der Waals surface area contributed by atoms with Crippen LogP contribution in [0.3, 0.4) is 0 Å². The summed E-state index contributed by atoms with van der Waals surface area (Å²) in [6, 6.07) is 3.47. The van der Waals surface area contributed by atoms with Crippen LogP contribution >= 0.6 is 0 Å². The van der Waals surface area contributed by atoms with Gasteiger partial charge in [0, 0.05) is 59.3 Å². The fourth-order valence-corrected chi connectivity index (χ4v) is 3.33. The molecule has 3 rings (SSSR count). The third-order valence-electron chi connectivity index (χ3n) is 5.01. The second-order valence-electron chi connectivity index (χ2n) is 6.75. The standard InChI is InChI=1S/C18H26N6O4/c1-3-28-18(27)24-12-10-23(11-13-24)17(26)15-4-5-16(20-19-15)22-8-6-21(7-9-22)14(2)25/h4-5H,3,6-13H2,1-2H3. The van der Waals surface area contributed by atoms with Gasteiger partial charge in [-0.05, 0) is 19.1 Å². The minimum absolute atomic E-state index is 0.0785. The number of aromatic nitrogens is 2. The van der Waals surface area contributed by atoms with Crippen molar-refractivity contribution in [2.45, 2.75) is 13.8 Å². The van der Waals surface area contributed by atoms with Gasteiger partial charge in [-0.1, -0.05) is 0 Å². The number of ether oxygens (including phenoxy) is 1. The number of piperazine rings is 2. The zero-order chi connectivity index (χ0) is 20.1. The van der Waals surface area contributed by atoms with Gasteiger partial charge in [0.05, 0.1) is 6.61 Å². The molecule has 0 radical (unpaired) electrons. The van der Waals surface area contributed by atoms with Crippen LogP contribution in [0.1, 0.15) is 24.3 Å². The molecule has 10 heteroatoms. The Bertz CT molecular complexity index is 709. The summed E-state index contributed by atoms with van der Waals surface area (Å²) in [6.45, 7) is 8.13. The molecular weight excluding hydrogens is 364 g/mol.